The van der Waals surface area contributed by atoms with Crippen LogP contribution in [0.25, 0.3) is 5.65 Å². The minimum absolute atomic E-state index is 0.0552. The van der Waals surface area contributed by atoms with Crippen LogP contribution in [0.15, 0.2) is 24.5 Å². The summed E-state index contributed by atoms with van der Waals surface area (Å²) < 4.78 is 1.90. The highest BCUT2D eigenvalue weighted by atomic mass is 16.3. The second kappa shape index (κ2) is 7.94. The lowest BCUT2D eigenvalue weighted by Crippen LogP contribution is -2.33. The van der Waals surface area contributed by atoms with Crippen LogP contribution in [0.4, 0.5) is 0 Å². The SMILES string of the molecule is CCCCN(CCCCO)C(=O)c1ccc2nc(C)cn2c1. The van der Waals surface area contributed by atoms with Crippen molar-refractivity contribution in [2.24, 2.45) is 0 Å². The van der Waals surface area contributed by atoms with Crippen molar-refractivity contribution in [1.29, 1.82) is 0 Å². The van der Waals surface area contributed by atoms with Gasteiger partial charge in [-0.2, -0.15) is 0 Å². The molecular weight excluding hydrogens is 278 g/mol. The van der Waals surface area contributed by atoms with Crippen LogP contribution < -0.4 is 0 Å². The lowest BCUT2D eigenvalue weighted by Gasteiger charge is -2.22. The zero-order chi connectivity index (χ0) is 15.9. The van der Waals surface area contributed by atoms with Crippen molar-refractivity contribution >= 4 is 11.6 Å². The first-order valence-corrected chi connectivity index (χ1v) is 8.01. The normalized spacial score (nSPS) is 11.0. The summed E-state index contributed by atoms with van der Waals surface area (Å²) in [6.45, 7) is 5.70. The van der Waals surface area contributed by atoms with Crippen molar-refractivity contribution in [3.8, 4) is 0 Å². The standard InChI is InChI=1S/C17H25N3O2/c1-3-4-9-19(10-5-6-11-21)17(22)15-7-8-16-18-14(2)12-20(16)13-15/h7-8,12-13,21H,3-6,9-11H2,1-2H3. The van der Waals surface area contributed by atoms with Gasteiger partial charge < -0.3 is 14.4 Å². The molecule has 1 amide bonds. The second-order valence-electron chi connectivity index (χ2n) is 5.64. The maximum atomic E-state index is 12.7. The molecule has 2 heterocycles. The molecule has 0 radical (unpaired) electrons. The molecule has 5 heteroatoms. The monoisotopic (exact) mass is 303 g/mol. The molecule has 22 heavy (non-hydrogen) atoms. The lowest BCUT2D eigenvalue weighted by molar-refractivity contribution is 0.0747. The van der Waals surface area contributed by atoms with Gasteiger partial charge in [-0.1, -0.05) is 13.3 Å². The molecule has 0 unspecified atom stereocenters. The van der Waals surface area contributed by atoms with E-state index in [1.807, 2.05) is 40.8 Å². The number of unbranched alkanes of at least 4 members (excludes halogenated alkanes) is 2. The van der Waals surface area contributed by atoms with Crippen molar-refractivity contribution in [3.05, 3.63) is 35.8 Å². The van der Waals surface area contributed by atoms with Gasteiger partial charge >= 0.3 is 0 Å². The van der Waals surface area contributed by atoms with Gasteiger partial charge in [0, 0.05) is 32.1 Å². The minimum atomic E-state index is 0.0552. The number of aliphatic hydroxyl groups excluding tert-OH is 1. The summed E-state index contributed by atoms with van der Waals surface area (Å²) in [5, 5.41) is 8.92. The predicted octanol–water partition coefficient (Wildman–Crippen LogP) is 2.66. The van der Waals surface area contributed by atoms with Crippen molar-refractivity contribution in [2.45, 2.75) is 39.5 Å². The number of nitrogens with zero attached hydrogens (tertiary/aromatic N) is 3. The number of hydrogen-bond donors (Lipinski definition) is 1. The second-order valence-corrected chi connectivity index (χ2v) is 5.64. The van der Waals surface area contributed by atoms with Gasteiger partial charge in [0.1, 0.15) is 5.65 Å². The largest absolute Gasteiger partial charge is 0.396 e. The predicted molar refractivity (Wildman–Crippen MR) is 87.1 cm³/mol. The average molecular weight is 303 g/mol. The first-order valence-electron chi connectivity index (χ1n) is 8.01. The fourth-order valence-electron chi connectivity index (χ4n) is 2.51. The average Bonchev–Trinajstić information content (AvgIpc) is 2.89. The van der Waals surface area contributed by atoms with Gasteiger partial charge in [-0.3, -0.25) is 4.79 Å². The summed E-state index contributed by atoms with van der Waals surface area (Å²) in [7, 11) is 0. The van der Waals surface area contributed by atoms with E-state index in [9.17, 15) is 4.79 Å². The summed E-state index contributed by atoms with van der Waals surface area (Å²) in [5.74, 6) is 0.0552. The van der Waals surface area contributed by atoms with Crippen LogP contribution in [0, 0.1) is 6.92 Å². The molecule has 1 N–H and O–H groups in total. The number of amides is 1. The molecule has 0 saturated heterocycles. The Kier molecular flexibility index (Phi) is 5.95. The topological polar surface area (TPSA) is 57.8 Å². The van der Waals surface area contributed by atoms with E-state index < -0.39 is 0 Å². The van der Waals surface area contributed by atoms with E-state index in [-0.39, 0.29) is 12.5 Å². The Morgan fingerprint density at radius 3 is 2.73 bits per heavy atom. The van der Waals surface area contributed by atoms with E-state index in [2.05, 4.69) is 11.9 Å². The van der Waals surface area contributed by atoms with Crippen molar-refractivity contribution in [1.82, 2.24) is 14.3 Å². The maximum absolute atomic E-state index is 12.7. The molecule has 0 aliphatic carbocycles. The van der Waals surface area contributed by atoms with Crippen LogP contribution in [0.2, 0.25) is 0 Å². The molecule has 5 nitrogen and oxygen atoms in total. The number of aliphatic hydroxyl groups is 1. The summed E-state index contributed by atoms with van der Waals surface area (Å²) >= 11 is 0. The summed E-state index contributed by atoms with van der Waals surface area (Å²) in [4.78, 5) is 19.0. The number of imidazole rings is 1. The van der Waals surface area contributed by atoms with Crippen LogP contribution >= 0.6 is 0 Å². The molecule has 0 fully saturated rings. The number of aryl methyl sites for hydroxylation is 1. The maximum Gasteiger partial charge on any atom is 0.255 e. The van der Waals surface area contributed by atoms with Gasteiger partial charge in [0.15, 0.2) is 0 Å². The van der Waals surface area contributed by atoms with E-state index in [1.54, 1.807) is 0 Å². The third-order valence-electron chi connectivity index (χ3n) is 3.72. The lowest BCUT2D eigenvalue weighted by atomic mass is 10.2. The van der Waals surface area contributed by atoms with Crippen molar-refractivity contribution in [2.75, 3.05) is 19.7 Å². The minimum Gasteiger partial charge on any atom is -0.396 e. The van der Waals surface area contributed by atoms with E-state index >= 15 is 0 Å². The number of rotatable bonds is 8. The molecule has 0 bridgehead atoms. The molecule has 0 atom stereocenters. The zero-order valence-electron chi connectivity index (χ0n) is 13.5. The highest BCUT2D eigenvalue weighted by Gasteiger charge is 2.15. The van der Waals surface area contributed by atoms with Crippen LogP contribution in [0.1, 0.15) is 48.7 Å². The molecular formula is C17H25N3O2. The first kappa shape index (κ1) is 16.5. The first-order chi connectivity index (χ1) is 10.7. The van der Waals surface area contributed by atoms with Crippen LogP contribution in [0.3, 0.4) is 0 Å². The van der Waals surface area contributed by atoms with Gasteiger partial charge in [-0.15, -0.1) is 0 Å². The smallest absolute Gasteiger partial charge is 0.255 e. The molecule has 0 aliphatic heterocycles. The van der Waals surface area contributed by atoms with Gasteiger partial charge in [0.05, 0.1) is 11.3 Å². The fourth-order valence-corrected chi connectivity index (χ4v) is 2.51. The Morgan fingerprint density at radius 1 is 1.23 bits per heavy atom. The van der Waals surface area contributed by atoms with Gasteiger partial charge in [0.2, 0.25) is 0 Å². The Hall–Kier alpha value is -1.88. The molecule has 2 aromatic rings. The van der Waals surface area contributed by atoms with Gasteiger partial charge in [0.25, 0.3) is 5.91 Å². The number of carbonyl (C=O) groups is 1. The molecule has 0 aromatic carbocycles. The molecule has 2 aromatic heterocycles. The number of pyridine rings is 1. The summed E-state index contributed by atoms with van der Waals surface area (Å²) in [5.41, 5.74) is 2.48. The third kappa shape index (κ3) is 4.07. The van der Waals surface area contributed by atoms with E-state index in [0.717, 1.165) is 43.6 Å². The van der Waals surface area contributed by atoms with Crippen LogP contribution in [0.5, 0.6) is 0 Å². The highest BCUT2D eigenvalue weighted by molar-refractivity contribution is 5.94. The quantitative estimate of drug-likeness (QED) is 0.763. The molecule has 2 rings (SSSR count). The fraction of sp³-hybridized carbons (Fsp3) is 0.529. The van der Waals surface area contributed by atoms with Crippen molar-refractivity contribution < 1.29 is 9.90 Å². The Morgan fingerprint density at radius 2 is 2.00 bits per heavy atom. The zero-order valence-corrected chi connectivity index (χ0v) is 13.5. The van der Waals surface area contributed by atoms with Crippen LogP contribution in [-0.4, -0.2) is 45.0 Å². The highest BCUT2D eigenvalue weighted by Crippen LogP contribution is 2.11. The number of hydrogen-bond acceptors (Lipinski definition) is 3. The summed E-state index contributed by atoms with van der Waals surface area (Å²) in [6.07, 6.45) is 7.39. The van der Waals surface area contributed by atoms with E-state index in [0.29, 0.717) is 12.1 Å². The van der Waals surface area contributed by atoms with E-state index in [4.69, 9.17) is 5.11 Å². The molecule has 0 aliphatic rings. The van der Waals surface area contributed by atoms with Crippen LogP contribution in [-0.2, 0) is 0 Å². The van der Waals surface area contributed by atoms with E-state index in [1.165, 1.54) is 0 Å². The number of carbonyl (C=O) groups excluding carboxylic acids is 1. The Balaban J connectivity index is 2.14. The third-order valence-corrected chi connectivity index (χ3v) is 3.72. The summed E-state index contributed by atoms with van der Waals surface area (Å²) in [6, 6.07) is 3.72. The number of aromatic nitrogens is 2. The van der Waals surface area contributed by atoms with Gasteiger partial charge in [-0.05, 0) is 38.3 Å². The number of fused-ring (bicyclic) bond motifs is 1. The molecule has 0 spiro atoms. The molecule has 120 valence electrons. The molecule has 0 saturated carbocycles. The van der Waals surface area contributed by atoms with Gasteiger partial charge in [-0.25, -0.2) is 4.98 Å². The Labute approximate surface area is 131 Å². The Bertz CT molecular complexity index is 621. The van der Waals surface area contributed by atoms with Crippen molar-refractivity contribution in [3.63, 3.8) is 0 Å².